The van der Waals surface area contributed by atoms with Crippen molar-refractivity contribution in [1.82, 2.24) is 9.80 Å². The molecule has 0 spiro atoms. The molecule has 0 unspecified atom stereocenters. The number of alkyl halides is 3. The Labute approximate surface area is 225 Å². The average Bonchev–Trinajstić information content (AvgIpc) is 2.79. The Balaban J connectivity index is 1.67. The van der Waals surface area contributed by atoms with Gasteiger partial charge >= 0.3 is 6.18 Å². The summed E-state index contributed by atoms with van der Waals surface area (Å²) in [7, 11) is -3.53. The number of hydrogen-bond donors (Lipinski definition) is 2. The van der Waals surface area contributed by atoms with Gasteiger partial charge in [0.2, 0.25) is 0 Å². The fraction of sp³-hybridized carbons (Fsp3) is 0.520. The Bertz CT molecular complexity index is 1290. The standard InChI is InChI=1S/C25H31Cl2F3N4O2S/c1-3-37(35,36)24-15(2)7-18(26)8-17(24)11-34-10-16-9-21(25(28,29)30)20(22(27)23(16)32-14-34)13-33-6-4-5-19(31)12-33/h7-9,19,32H,3-6,10-14,31H2,1-2H3/t19-/m1/s1. The summed E-state index contributed by atoms with van der Waals surface area (Å²) in [5, 5.41) is 3.64. The summed E-state index contributed by atoms with van der Waals surface area (Å²) in [6.07, 6.45) is -2.90. The van der Waals surface area contributed by atoms with Crippen molar-refractivity contribution >= 4 is 38.7 Å². The van der Waals surface area contributed by atoms with E-state index in [1.165, 1.54) is 0 Å². The van der Waals surface area contributed by atoms with Crippen molar-refractivity contribution in [1.29, 1.82) is 0 Å². The van der Waals surface area contributed by atoms with Crippen LogP contribution >= 0.6 is 23.2 Å². The first-order chi connectivity index (χ1) is 17.3. The fourth-order valence-electron chi connectivity index (χ4n) is 5.27. The van der Waals surface area contributed by atoms with Crippen molar-refractivity contribution in [3.63, 3.8) is 0 Å². The molecular weight excluding hydrogens is 548 g/mol. The fourth-order valence-corrected chi connectivity index (χ4v) is 7.28. The maximum absolute atomic E-state index is 14.2. The number of sulfone groups is 1. The van der Waals surface area contributed by atoms with E-state index in [-0.39, 0.29) is 53.6 Å². The van der Waals surface area contributed by atoms with Gasteiger partial charge in [-0.15, -0.1) is 0 Å². The van der Waals surface area contributed by atoms with Crippen molar-refractivity contribution in [2.24, 2.45) is 5.73 Å². The molecule has 37 heavy (non-hydrogen) atoms. The van der Waals surface area contributed by atoms with Crippen molar-refractivity contribution in [2.75, 3.05) is 30.8 Å². The average molecular weight is 580 g/mol. The summed E-state index contributed by atoms with van der Waals surface area (Å²) >= 11 is 12.8. The van der Waals surface area contributed by atoms with Gasteiger partial charge in [-0.3, -0.25) is 9.80 Å². The predicted octanol–water partition coefficient (Wildman–Crippen LogP) is 5.42. The van der Waals surface area contributed by atoms with Gasteiger partial charge < -0.3 is 11.1 Å². The molecule has 2 aromatic carbocycles. The molecule has 2 aromatic rings. The summed E-state index contributed by atoms with van der Waals surface area (Å²) in [6.45, 7) is 5.15. The maximum atomic E-state index is 14.2. The van der Waals surface area contributed by atoms with Crippen LogP contribution in [0.1, 0.15) is 47.6 Å². The SMILES string of the molecule is CCS(=O)(=O)c1c(C)cc(Cl)cc1CN1CNc2c(cc(C(F)(F)F)c(CN3CCC[C@@H](N)C3)c2Cl)C1. The number of anilines is 1. The van der Waals surface area contributed by atoms with Crippen LogP contribution in [0, 0.1) is 6.92 Å². The van der Waals surface area contributed by atoms with E-state index >= 15 is 0 Å². The highest BCUT2D eigenvalue weighted by Gasteiger charge is 2.38. The second-order valence-corrected chi connectivity index (χ2v) is 12.9. The lowest BCUT2D eigenvalue weighted by molar-refractivity contribution is -0.138. The first-order valence-electron chi connectivity index (χ1n) is 12.2. The van der Waals surface area contributed by atoms with Gasteiger partial charge in [-0.25, -0.2) is 8.42 Å². The second-order valence-electron chi connectivity index (χ2n) is 9.82. The van der Waals surface area contributed by atoms with Gasteiger partial charge in [-0.05, 0) is 66.8 Å². The minimum atomic E-state index is -4.58. The number of hydrogen-bond acceptors (Lipinski definition) is 6. The van der Waals surface area contributed by atoms with Gasteiger partial charge in [0.15, 0.2) is 9.84 Å². The van der Waals surface area contributed by atoms with Crippen LogP contribution in [0.15, 0.2) is 23.1 Å². The first-order valence-corrected chi connectivity index (χ1v) is 14.6. The molecule has 0 aliphatic carbocycles. The number of aryl methyl sites for hydroxylation is 1. The Morgan fingerprint density at radius 2 is 1.89 bits per heavy atom. The molecule has 1 fully saturated rings. The third-order valence-electron chi connectivity index (χ3n) is 6.95. The largest absolute Gasteiger partial charge is 0.416 e. The van der Waals surface area contributed by atoms with Crippen LogP contribution < -0.4 is 11.1 Å². The zero-order valence-electron chi connectivity index (χ0n) is 20.8. The summed E-state index contributed by atoms with van der Waals surface area (Å²) < 4.78 is 68.1. The molecule has 2 heterocycles. The number of piperidine rings is 1. The lowest BCUT2D eigenvalue weighted by Crippen LogP contribution is -2.42. The number of nitrogens with two attached hydrogens (primary N) is 1. The van der Waals surface area contributed by atoms with E-state index in [2.05, 4.69) is 5.32 Å². The molecule has 0 radical (unpaired) electrons. The molecule has 204 valence electrons. The topological polar surface area (TPSA) is 78.7 Å². The molecule has 2 aliphatic rings. The molecule has 4 rings (SSSR count). The van der Waals surface area contributed by atoms with E-state index in [1.54, 1.807) is 26.0 Å². The molecule has 1 saturated heterocycles. The van der Waals surface area contributed by atoms with Gasteiger partial charge in [-0.2, -0.15) is 13.2 Å². The van der Waals surface area contributed by atoms with Crippen molar-refractivity contribution in [3.8, 4) is 0 Å². The second kappa shape index (κ2) is 10.9. The third-order valence-corrected chi connectivity index (χ3v) is 9.55. The number of fused-ring (bicyclic) bond motifs is 1. The van der Waals surface area contributed by atoms with Crippen LogP contribution in [-0.2, 0) is 35.6 Å². The monoisotopic (exact) mass is 578 g/mol. The highest BCUT2D eigenvalue weighted by Crippen LogP contribution is 2.43. The van der Waals surface area contributed by atoms with Gasteiger partial charge in [0.1, 0.15) is 0 Å². The molecular formula is C25H31Cl2F3N4O2S. The van der Waals surface area contributed by atoms with Crippen LogP contribution in [0.2, 0.25) is 10.0 Å². The Morgan fingerprint density at radius 1 is 1.16 bits per heavy atom. The zero-order chi connectivity index (χ0) is 27.1. The van der Waals surface area contributed by atoms with Crippen molar-refractivity contribution < 1.29 is 21.6 Å². The molecule has 0 saturated carbocycles. The minimum Gasteiger partial charge on any atom is -0.371 e. The van der Waals surface area contributed by atoms with Gasteiger partial charge in [0.05, 0.1) is 33.6 Å². The molecule has 2 aliphatic heterocycles. The highest BCUT2D eigenvalue weighted by molar-refractivity contribution is 7.91. The predicted molar refractivity (Wildman–Crippen MR) is 141 cm³/mol. The number of nitrogens with one attached hydrogen (secondary N) is 1. The normalized spacial score (nSPS) is 19.5. The molecule has 1 atom stereocenters. The zero-order valence-corrected chi connectivity index (χ0v) is 23.1. The highest BCUT2D eigenvalue weighted by atomic mass is 35.5. The number of halogens is 5. The molecule has 12 heteroatoms. The van der Waals surface area contributed by atoms with Crippen molar-refractivity contribution in [2.45, 2.75) is 63.4 Å². The van der Waals surface area contributed by atoms with E-state index in [4.69, 9.17) is 28.9 Å². The number of rotatable bonds is 6. The smallest absolute Gasteiger partial charge is 0.371 e. The van der Waals surface area contributed by atoms with Crippen LogP contribution in [0.4, 0.5) is 18.9 Å². The Hall–Kier alpha value is -1.56. The van der Waals surface area contributed by atoms with Crippen molar-refractivity contribution in [3.05, 3.63) is 56.1 Å². The first kappa shape index (κ1) is 28.4. The molecule has 3 N–H and O–H groups in total. The van der Waals surface area contributed by atoms with E-state index in [9.17, 15) is 21.6 Å². The molecule has 0 aromatic heterocycles. The summed E-state index contributed by atoms with van der Waals surface area (Å²) in [5.41, 5.74) is 7.26. The summed E-state index contributed by atoms with van der Waals surface area (Å²) in [5.74, 6) is -0.0706. The minimum absolute atomic E-state index is 0.0461. The van der Waals surface area contributed by atoms with Gasteiger partial charge in [-0.1, -0.05) is 30.1 Å². The maximum Gasteiger partial charge on any atom is 0.416 e. The van der Waals surface area contributed by atoms with Gasteiger partial charge in [0.25, 0.3) is 0 Å². The molecule has 6 nitrogen and oxygen atoms in total. The molecule has 0 bridgehead atoms. The summed E-state index contributed by atoms with van der Waals surface area (Å²) in [6, 6.07) is 4.30. The van der Waals surface area contributed by atoms with Crippen LogP contribution in [0.5, 0.6) is 0 Å². The van der Waals surface area contributed by atoms with E-state index in [1.807, 2.05) is 9.80 Å². The van der Waals surface area contributed by atoms with Crippen LogP contribution in [0.25, 0.3) is 0 Å². The quantitative estimate of drug-likeness (QED) is 0.476. The van der Waals surface area contributed by atoms with Crippen LogP contribution in [-0.4, -0.2) is 49.8 Å². The molecule has 0 amide bonds. The van der Waals surface area contributed by atoms with E-state index in [0.717, 1.165) is 18.9 Å². The van der Waals surface area contributed by atoms with E-state index in [0.29, 0.717) is 40.5 Å². The number of nitrogens with zero attached hydrogens (tertiary/aromatic N) is 2. The summed E-state index contributed by atoms with van der Waals surface area (Å²) in [4.78, 5) is 3.97. The number of benzene rings is 2. The Morgan fingerprint density at radius 3 is 2.54 bits per heavy atom. The third kappa shape index (κ3) is 6.20. The lowest BCUT2D eigenvalue weighted by Gasteiger charge is -2.35. The Kier molecular flexibility index (Phi) is 8.38. The van der Waals surface area contributed by atoms with E-state index < -0.39 is 21.6 Å². The van der Waals surface area contributed by atoms with Crippen LogP contribution in [0.3, 0.4) is 0 Å². The number of likely N-dealkylation sites (tertiary alicyclic amines) is 1. The lowest BCUT2D eigenvalue weighted by atomic mass is 9.97. The van der Waals surface area contributed by atoms with Gasteiger partial charge in [0, 0.05) is 37.2 Å².